The molecule has 2 fully saturated rings. The van der Waals surface area contributed by atoms with Crippen molar-refractivity contribution in [1.29, 1.82) is 0 Å². The van der Waals surface area contributed by atoms with Crippen LogP contribution in [0.15, 0.2) is 5.38 Å². The van der Waals surface area contributed by atoms with E-state index in [1.807, 2.05) is 5.38 Å². The number of nitrogens with one attached hydrogen (secondary N) is 2. The topological polar surface area (TPSA) is 71.1 Å². The van der Waals surface area contributed by atoms with Gasteiger partial charge in [0.05, 0.1) is 12.2 Å². The first-order valence-corrected chi connectivity index (χ1v) is 8.13. The molecular weight excluding hydrogens is 274 g/mol. The van der Waals surface area contributed by atoms with Crippen LogP contribution in [0, 0.1) is 11.8 Å². The molecular formula is C14H19N3O2S. The number of hydrogen-bond acceptors (Lipinski definition) is 4. The van der Waals surface area contributed by atoms with Gasteiger partial charge in [-0.2, -0.15) is 0 Å². The maximum Gasteiger partial charge on any atom is 0.229 e. The zero-order valence-corrected chi connectivity index (χ0v) is 12.2. The number of hydrogen-bond donors (Lipinski definition) is 2. The summed E-state index contributed by atoms with van der Waals surface area (Å²) in [5.41, 5.74) is 0.812. The molecule has 5 nitrogen and oxygen atoms in total. The van der Waals surface area contributed by atoms with Crippen LogP contribution >= 0.6 is 11.3 Å². The first-order chi connectivity index (χ1) is 9.72. The minimum atomic E-state index is 0.0793. The predicted octanol–water partition coefficient (Wildman–Crippen LogP) is 2.30. The molecule has 0 bridgehead atoms. The molecule has 0 spiro atoms. The monoisotopic (exact) mass is 293 g/mol. The van der Waals surface area contributed by atoms with Crippen molar-refractivity contribution in [1.82, 2.24) is 10.3 Å². The molecule has 1 heterocycles. The molecule has 0 saturated heterocycles. The average molecular weight is 293 g/mol. The van der Waals surface area contributed by atoms with Gasteiger partial charge in [-0.1, -0.05) is 12.8 Å². The number of rotatable bonds is 5. The number of nitrogens with zero attached hydrogens (tertiary/aromatic N) is 1. The summed E-state index contributed by atoms with van der Waals surface area (Å²) >= 11 is 1.42. The number of carbonyl (C=O) groups is 2. The summed E-state index contributed by atoms with van der Waals surface area (Å²) in [7, 11) is 0. The van der Waals surface area contributed by atoms with E-state index in [9.17, 15) is 9.59 Å². The van der Waals surface area contributed by atoms with Gasteiger partial charge in [0, 0.05) is 17.2 Å². The lowest BCUT2D eigenvalue weighted by Gasteiger charge is -2.23. The predicted molar refractivity (Wildman–Crippen MR) is 77.3 cm³/mol. The minimum Gasteiger partial charge on any atom is -0.350 e. The van der Waals surface area contributed by atoms with E-state index in [4.69, 9.17) is 0 Å². The van der Waals surface area contributed by atoms with Crippen molar-refractivity contribution in [2.45, 2.75) is 45.1 Å². The summed E-state index contributed by atoms with van der Waals surface area (Å²) in [5.74, 6) is 0.576. The summed E-state index contributed by atoms with van der Waals surface area (Å²) < 4.78 is 0. The van der Waals surface area contributed by atoms with Gasteiger partial charge >= 0.3 is 0 Å². The molecule has 0 unspecified atom stereocenters. The van der Waals surface area contributed by atoms with Crippen molar-refractivity contribution in [3.8, 4) is 0 Å². The van der Waals surface area contributed by atoms with E-state index in [2.05, 4.69) is 15.6 Å². The van der Waals surface area contributed by atoms with Crippen molar-refractivity contribution in [2.24, 2.45) is 11.8 Å². The van der Waals surface area contributed by atoms with E-state index in [0.29, 0.717) is 11.7 Å². The molecule has 3 rings (SSSR count). The number of anilines is 1. The largest absolute Gasteiger partial charge is 0.350 e. The van der Waals surface area contributed by atoms with Crippen LogP contribution in [0.4, 0.5) is 5.13 Å². The molecule has 2 aliphatic carbocycles. The van der Waals surface area contributed by atoms with Gasteiger partial charge in [0.2, 0.25) is 11.8 Å². The molecule has 0 radical (unpaired) electrons. The van der Waals surface area contributed by atoms with E-state index >= 15 is 0 Å². The van der Waals surface area contributed by atoms with Gasteiger partial charge in [-0.3, -0.25) is 9.59 Å². The molecule has 1 aromatic rings. The fraction of sp³-hybridized carbons (Fsp3) is 0.643. The molecule has 2 aliphatic rings. The Morgan fingerprint density at radius 3 is 2.40 bits per heavy atom. The lowest BCUT2D eigenvalue weighted by atomic mass is 9.85. The van der Waals surface area contributed by atoms with Crippen molar-refractivity contribution < 1.29 is 9.59 Å². The molecule has 108 valence electrons. The zero-order valence-electron chi connectivity index (χ0n) is 11.4. The lowest BCUT2D eigenvalue weighted by molar-refractivity contribution is -0.127. The van der Waals surface area contributed by atoms with Gasteiger partial charge in [0.25, 0.3) is 0 Å². The smallest absolute Gasteiger partial charge is 0.229 e. The Kier molecular flexibility index (Phi) is 4.00. The Labute approximate surface area is 122 Å². The Balaban J connectivity index is 1.46. The molecule has 1 aromatic heterocycles. The molecule has 0 atom stereocenters. The van der Waals surface area contributed by atoms with Crippen LogP contribution in [0.2, 0.25) is 0 Å². The highest BCUT2D eigenvalue weighted by Gasteiger charge is 2.26. The Bertz CT molecular complexity index is 506. The van der Waals surface area contributed by atoms with E-state index in [1.165, 1.54) is 11.3 Å². The molecule has 0 aromatic carbocycles. The maximum atomic E-state index is 11.8. The second kappa shape index (κ2) is 5.91. The van der Waals surface area contributed by atoms with Crippen LogP contribution in [-0.4, -0.2) is 16.8 Å². The summed E-state index contributed by atoms with van der Waals surface area (Å²) in [6, 6.07) is 0. The highest BCUT2D eigenvalue weighted by atomic mass is 32.1. The van der Waals surface area contributed by atoms with Crippen molar-refractivity contribution in [3.05, 3.63) is 11.1 Å². The Hall–Kier alpha value is -1.43. The van der Waals surface area contributed by atoms with Gasteiger partial charge in [-0.15, -0.1) is 11.3 Å². The lowest BCUT2D eigenvalue weighted by Crippen LogP contribution is -2.34. The van der Waals surface area contributed by atoms with Crippen LogP contribution in [-0.2, 0) is 16.1 Å². The Morgan fingerprint density at radius 2 is 1.80 bits per heavy atom. The molecule has 6 heteroatoms. The highest BCUT2D eigenvalue weighted by Crippen LogP contribution is 2.28. The van der Waals surface area contributed by atoms with Crippen LogP contribution < -0.4 is 10.6 Å². The first-order valence-electron chi connectivity index (χ1n) is 7.25. The standard InChI is InChI=1S/C14H19N3O2S/c18-12(9-3-1-4-9)15-7-11-8-20-14(16-11)17-13(19)10-5-2-6-10/h8-10H,1-7H2,(H,15,18)(H,16,17,19). The fourth-order valence-electron chi connectivity index (χ4n) is 2.32. The normalized spacial score (nSPS) is 19.0. The third-order valence-corrected chi connectivity index (χ3v) is 4.98. The second-order valence-corrected chi connectivity index (χ2v) is 6.46. The molecule has 20 heavy (non-hydrogen) atoms. The fourth-order valence-corrected chi connectivity index (χ4v) is 3.03. The van der Waals surface area contributed by atoms with Crippen LogP contribution in [0.5, 0.6) is 0 Å². The summed E-state index contributed by atoms with van der Waals surface area (Å²) in [5, 5.41) is 8.28. The molecule has 2 saturated carbocycles. The van der Waals surface area contributed by atoms with Crippen LogP contribution in [0.1, 0.15) is 44.2 Å². The van der Waals surface area contributed by atoms with E-state index in [0.717, 1.165) is 44.2 Å². The zero-order chi connectivity index (χ0) is 13.9. The Morgan fingerprint density at radius 1 is 1.15 bits per heavy atom. The summed E-state index contributed by atoms with van der Waals surface area (Å²) in [6.45, 7) is 0.450. The molecule has 2 amide bonds. The van der Waals surface area contributed by atoms with Gasteiger partial charge in [0.1, 0.15) is 0 Å². The highest BCUT2D eigenvalue weighted by molar-refractivity contribution is 7.13. The number of aromatic nitrogens is 1. The van der Waals surface area contributed by atoms with E-state index in [1.54, 1.807) is 0 Å². The first kappa shape index (κ1) is 13.5. The van der Waals surface area contributed by atoms with Gasteiger partial charge in [-0.25, -0.2) is 4.98 Å². The van der Waals surface area contributed by atoms with Crippen LogP contribution in [0.25, 0.3) is 0 Å². The quantitative estimate of drug-likeness (QED) is 0.875. The summed E-state index contributed by atoms with van der Waals surface area (Å²) in [6.07, 6.45) is 6.29. The third-order valence-electron chi connectivity index (χ3n) is 4.18. The summed E-state index contributed by atoms with van der Waals surface area (Å²) in [4.78, 5) is 27.8. The molecule has 0 aliphatic heterocycles. The van der Waals surface area contributed by atoms with Crippen molar-refractivity contribution in [2.75, 3.05) is 5.32 Å². The van der Waals surface area contributed by atoms with E-state index < -0.39 is 0 Å². The van der Waals surface area contributed by atoms with Gasteiger partial charge in [-0.05, 0) is 25.7 Å². The number of amides is 2. The van der Waals surface area contributed by atoms with E-state index in [-0.39, 0.29) is 23.7 Å². The second-order valence-electron chi connectivity index (χ2n) is 5.61. The van der Waals surface area contributed by atoms with Gasteiger partial charge < -0.3 is 10.6 Å². The van der Waals surface area contributed by atoms with Crippen molar-refractivity contribution >= 4 is 28.3 Å². The SMILES string of the molecule is O=C(NCc1csc(NC(=O)C2CCC2)n1)C1CCC1. The van der Waals surface area contributed by atoms with Crippen molar-refractivity contribution in [3.63, 3.8) is 0 Å². The molecule has 2 N–H and O–H groups in total. The average Bonchev–Trinajstić information content (AvgIpc) is 2.69. The van der Waals surface area contributed by atoms with Crippen LogP contribution in [0.3, 0.4) is 0 Å². The van der Waals surface area contributed by atoms with Gasteiger partial charge in [0.15, 0.2) is 5.13 Å². The number of carbonyl (C=O) groups excluding carboxylic acids is 2. The maximum absolute atomic E-state index is 11.8. The third kappa shape index (κ3) is 3.00. The minimum absolute atomic E-state index is 0.0793. The number of thiazole rings is 1.